The van der Waals surface area contributed by atoms with Crippen molar-refractivity contribution in [3.05, 3.63) is 34.4 Å². The molecule has 0 fully saturated rings. The van der Waals surface area contributed by atoms with E-state index >= 15 is 0 Å². The highest BCUT2D eigenvalue weighted by molar-refractivity contribution is 5.45. The first-order chi connectivity index (χ1) is 7.75. The molecule has 1 rings (SSSR count). The molecule has 0 aromatic heterocycles. The van der Waals surface area contributed by atoms with E-state index in [2.05, 4.69) is 0 Å². The summed E-state index contributed by atoms with van der Waals surface area (Å²) in [5.74, 6) is 0.353. The second kappa shape index (κ2) is 8.71. The second-order valence-electron chi connectivity index (χ2n) is 2.93. The zero-order chi connectivity index (χ0) is 12.4. The number of nitrogens with zero attached hydrogens (tertiary/aromatic N) is 1. The maximum Gasteiger partial charge on any atom is 0.310 e. The Hall–Kier alpha value is -1.58. The largest absolute Gasteiger partial charge is 0.487 e. The van der Waals surface area contributed by atoms with E-state index in [0.29, 0.717) is 12.4 Å². The van der Waals surface area contributed by atoms with Crippen LogP contribution >= 0.6 is 0 Å². The summed E-state index contributed by atoms with van der Waals surface area (Å²) in [7, 11) is 0. The molecular weight excluding hydrogens is 206 g/mol. The number of nitro benzene ring substituents is 1. The van der Waals surface area contributed by atoms with Crippen LogP contribution in [0.15, 0.2) is 24.3 Å². The minimum atomic E-state index is -0.429. The van der Waals surface area contributed by atoms with Crippen LogP contribution in [0.1, 0.15) is 33.6 Å². The molecule has 4 heteroatoms. The summed E-state index contributed by atoms with van der Waals surface area (Å²) >= 11 is 0. The van der Waals surface area contributed by atoms with Crippen molar-refractivity contribution in [2.24, 2.45) is 0 Å². The molecule has 4 nitrogen and oxygen atoms in total. The Kier molecular flexibility index (Phi) is 7.85. The van der Waals surface area contributed by atoms with E-state index in [9.17, 15) is 10.1 Å². The van der Waals surface area contributed by atoms with E-state index in [4.69, 9.17) is 4.74 Å². The van der Waals surface area contributed by atoms with Crippen LogP contribution in [0.5, 0.6) is 5.75 Å². The molecule has 16 heavy (non-hydrogen) atoms. The lowest BCUT2D eigenvalue weighted by molar-refractivity contribution is -0.385. The molecule has 0 bridgehead atoms. The third kappa shape index (κ3) is 4.77. The molecule has 90 valence electrons. The number of ether oxygens (including phenoxy) is 1. The summed E-state index contributed by atoms with van der Waals surface area (Å²) < 4.78 is 5.30. The van der Waals surface area contributed by atoms with Gasteiger partial charge in [-0.3, -0.25) is 10.1 Å². The highest BCUT2D eigenvalue weighted by atomic mass is 16.6. The summed E-state index contributed by atoms with van der Waals surface area (Å²) in [5.41, 5.74) is 0.0311. The lowest BCUT2D eigenvalue weighted by atomic mass is 10.3. The second-order valence-corrected chi connectivity index (χ2v) is 2.93. The number of nitro groups is 1. The van der Waals surface area contributed by atoms with Gasteiger partial charge >= 0.3 is 5.69 Å². The van der Waals surface area contributed by atoms with E-state index in [1.807, 2.05) is 20.8 Å². The third-order valence-corrected chi connectivity index (χ3v) is 1.82. The van der Waals surface area contributed by atoms with Gasteiger partial charge in [0.2, 0.25) is 0 Å². The summed E-state index contributed by atoms with van der Waals surface area (Å²) in [6.45, 7) is 6.57. The van der Waals surface area contributed by atoms with Gasteiger partial charge in [-0.2, -0.15) is 0 Å². The first-order valence-corrected chi connectivity index (χ1v) is 5.62. The molecule has 0 amide bonds. The highest BCUT2D eigenvalue weighted by Crippen LogP contribution is 2.25. The summed E-state index contributed by atoms with van der Waals surface area (Å²) in [4.78, 5) is 10.2. The van der Waals surface area contributed by atoms with Crippen molar-refractivity contribution < 1.29 is 9.66 Å². The van der Waals surface area contributed by atoms with E-state index < -0.39 is 4.92 Å². The molecule has 0 saturated heterocycles. The zero-order valence-electron chi connectivity index (χ0n) is 10.1. The molecule has 0 unspecified atom stereocenters. The predicted molar refractivity (Wildman–Crippen MR) is 64.8 cm³/mol. The molecule has 0 atom stereocenters. The van der Waals surface area contributed by atoms with Crippen molar-refractivity contribution in [1.82, 2.24) is 0 Å². The number of para-hydroxylation sites is 2. The van der Waals surface area contributed by atoms with Gasteiger partial charge in [0, 0.05) is 6.07 Å². The first kappa shape index (κ1) is 14.4. The van der Waals surface area contributed by atoms with E-state index in [1.165, 1.54) is 6.07 Å². The maximum absolute atomic E-state index is 10.6. The fourth-order valence-electron chi connectivity index (χ4n) is 1.06. The Labute approximate surface area is 96.4 Å². The smallest absolute Gasteiger partial charge is 0.310 e. The van der Waals surface area contributed by atoms with E-state index in [-0.39, 0.29) is 5.69 Å². The first-order valence-electron chi connectivity index (χ1n) is 5.62. The van der Waals surface area contributed by atoms with Crippen LogP contribution in [0.25, 0.3) is 0 Å². The molecule has 0 N–H and O–H groups in total. The van der Waals surface area contributed by atoms with E-state index in [0.717, 1.165) is 12.8 Å². The Bertz CT molecular complexity index is 313. The number of unbranched alkanes of at least 4 members (excludes halogenated alkanes) is 1. The summed E-state index contributed by atoms with van der Waals surface area (Å²) in [5, 5.41) is 10.6. The van der Waals surface area contributed by atoms with Crippen molar-refractivity contribution >= 4 is 5.69 Å². The fraction of sp³-hybridized carbons (Fsp3) is 0.500. The lowest BCUT2D eigenvalue weighted by Gasteiger charge is -2.04. The molecule has 0 aliphatic carbocycles. The van der Waals surface area contributed by atoms with Crippen LogP contribution in [0, 0.1) is 10.1 Å². The van der Waals surface area contributed by atoms with Gasteiger partial charge in [-0.05, 0) is 12.5 Å². The van der Waals surface area contributed by atoms with Crippen LogP contribution < -0.4 is 4.74 Å². The van der Waals surface area contributed by atoms with Gasteiger partial charge in [0.05, 0.1) is 11.5 Å². The minimum absolute atomic E-state index is 0.0311. The SMILES string of the molecule is CC.CCCCOc1ccccc1[N+](=O)[O-]. The van der Waals surface area contributed by atoms with Crippen molar-refractivity contribution in [1.29, 1.82) is 0 Å². The van der Waals surface area contributed by atoms with Crippen molar-refractivity contribution in [2.75, 3.05) is 6.61 Å². The van der Waals surface area contributed by atoms with E-state index in [1.54, 1.807) is 18.2 Å². The van der Waals surface area contributed by atoms with Crippen LogP contribution in [-0.4, -0.2) is 11.5 Å². The molecule has 0 saturated carbocycles. The quantitative estimate of drug-likeness (QED) is 0.435. The van der Waals surface area contributed by atoms with Crippen LogP contribution in [0.2, 0.25) is 0 Å². The molecule has 0 spiro atoms. The van der Waals surface area contributed by atoms with Crippen LogP contribution in [-0.2, 0) is 0 Å². The number of hydrogen-bond acceptors (Lipinski definition) is 3. The van der Waals surface area contributed by atoms with Gasteiger partial charge in [-0.1, -0.05) is 39.3 Å². The molecular formula is C12H19NO3. The Balaban J connectivity index is 0.00000106. The van der Waals surface area contributed by atoms with Crippen molar-refractivity contribution in [3.63, 3.8) is 0 Å². The third-order valence-electron chi connectivity index (χ3n) is 1.82. The predicted octanol–water partition coefficient (Wildman–Crippen LogP) is 3.80. The van der Waals surface area contributed by atoms with Crippen LogP contribution in [0.3, 0.4) is 0 Å². The van der Waals surface area contributed by atoms with Gasteiger partial charge in [-0.15, -0.1) is 0 Å². The molecule has 0 aliphatic heterocycles. The van der Waals surface area contributed by atoms with Gasteiger partial charge in [0.15, 0.2) is 5.75 Å². The molecule has 0 heterocycles. The topological polar surface area (TPSA) is 52.4 Å². The molecule has 0 radical (unpaired) electrons. The van der Waals surface area contributed by atoms with Gasteiger partial charge in [-0.25, -0.2) is 0 Å². The van der Waals surface area contributed by atoms with Gasteiger partial charge in [0.1, 0.15) is 0 Å². The minimum Gasteiger partial charge on any atom is -0.487 e. The average Bonchev–Trinajstić information content (AvgIpc) is 2.32. The standard InChI is InChI=1S/C10H13NO3.C2H6/c1-2-3-8-14-10-7-5-4-6-9(10)11(12)13;1-2/h4-7H,2-3,8H2,1H3;1-2H3. The van der Waals surface area contributed by atoms with Crippen molar-refractivity contribution in [2.45, 2.75) is 33.6 Å². The van der Waals surface area contributed by atoms with Crippen molar-refractivity contribution in [3.8, 4) is 5.75 Å². The van der Waals surface area contributed by atoms with Gasteiger partial charge in [0.25, 0.3) is 0 Å². The Morgan fingerprint density at radius 3 is 2.50 bits per heavy atom. The Morgan fingerprint density at radius 1 is 1.31 bits per heavy atom. The summed E-state index contributed by atoms with van der Waals surface area (Å²) in [6, 6.07) is 6.42. The number of rotatable bonds is 5. The maximum atomic E-state index is 10.6. The number of benzene rings is 1. The summed E-state index contributed by atoms with van der Waals surface area (Å²) in [6.07, 6.45) is 1.92. The average molecular weight is 225 g/mol. The van der Waals surface area contributed by atoms with Crippen LogP contribution in [0.4, 0.5) is 5.69 Å². The zero-order valence-corrected chi connectivity index (χ0v) is 10.1. The fourth-order valence-corrected chi connectivity index (χ4v) is 1.06. The van der Waals surface area contributed by atoms with Gasteiger partial charge < -0.3 is 4.74 Å². The molecule has 0 aliphatic rings. The highest BCUT2D eigenvalue weighted by Gasteiger charge is 2.12. The normalized spacial score (nSPS) is 8.94. The number of hydrogen-bond donors (Lipinski definition) is 0. The molecule has 1 aromatic carbocycles. The Morgan fingerprint density at radius 2 is 1.94 bits per heavy atom. The lowest BCUT2D eigenvalue weighted by Crippen LogP contribution is -1.99. The monoisotopic (exact) mass is 225 g/mol. The molecule has 1 aromatic rings.